The van der Waals surface area contributed by atoms with Crippen molar-refractivity contribution in [3.63, 3.8) is 0 Å². The summed E-state index contributed by atoms with van der Waals surface area (Å²) in [5, 5.41) is 5.00. The third-order valence-corrected chi connectivity index (χ3v) is 5.96. The molecule has 11 heteroatoms. The summed E-state index contributed by atoms with van der Waals surface area (Å²) in [6.07, 6.45) is 3.17. The van der Waals surface area contributed by atoms with Gasteiger partial charge in [0.05, 0.1) is 37.9 Å². The predicted molar refractivity (Wildman–Crippen MR) is 130 cm³/mol. The zero-order chi connectivity index (χ0) is 24.8. The normalized spacial score (nSPS) is 12.6. The van der Waals surface area contributed by atoms with Crippen molar-refractivity contribution in [1.29, 1.82) is 0 Å². The molecule has 1 aliphatic heterocycles. The molecule has 6 rings (SSSR count). The lowest BCUT2D eigenvalue weighted by atomic mass is 10.2. The lowest BCUT2D eigenvalue weighted by Gasteiger charge is -2.18. The molecule has 2 aromatic carbocycles. The Morgan fingerprint density at radius 3 is 2.39 bits per heavy atom. The Labute approximate surface area is 204 Å². The Morgan fingerprint density at radius 1 is 0.917 bits per heavy atom. The van der Waals surface area contributed by atoms with Crippen LogP contribution in [0.3, 0.4) is 0 Å². The van der Waals surface area contributed by atoms with Crippen molar-refractivity contribution in [2.75, 3.05) is 34.5 Å². The van der Waals surface area contributed by atoms with Gasteiger partial charge >= 0.3 is 0 Å². The highest BCUT2D eigenvalue weighted by Gasteiger charge is 2.18. The van der Waals surface area contributed by atoms with Crippen molar-refractivity contribution in [2.24, 2.45) is 0 Å². The van der Waals surface area contributed by atoms with E-state index >= 15 is 0 Å². The second-order valence-electron chi connectivity index (χ2n) is 7.94. The van der Waals surface area contributed by atoms with E-state index in [9.17, 15) is 4.79 Å². The van der Waals surface area contributed by atoms with Crippen LogP contribution in [0, 0.1) is 0 Å². The molecule has 0 unspecified atom stereocenters. The summed E-state index contributed by atoms with van der Waals surface area (Å²) in [4.78, 5) is 22.4. The third kappa shape index (κ3) is 3.35. The van der Waals surface area contributed by atoms with Crippen LogP contribution < -0.4 is 29.2 Å². The van der Waals surface area contributed by atoms with Gasteiger partial charge in [0.25, 0.3) is 11.3 Å². The standard InChI is InChI=1S/C25H21N5O6/c1-32-20-11-15(12-21(33-2)22(20)34-3)29-7-6-17-16(24(29)31)13-26-25-27-23(28-30(17)25)14-4-5-18-19(10-14)36-9-8-35-18/h4-7,10-13H,8-9H2,1-3H3. The second kappa shape index (κ2) is 8.45. The van der Waals surface area contributed by atoms with E-state index in [1.807, 2.05) is 18.2 Å². The Morgan fingerprint density at radius 2 is 1.67 bits per heavy atom. The molecule has 0 radical (unpaired) electrons. The fourth-order valence-corrected chi connectivity index (χ4v) is 4.23. The van der Waals surface area contributed by atoms with Crippen molar-refractivity contribution in [3.8, 4) is 45.8 Å². The van der Waals surface area contributed by atoms with Gasteiger partial charge in [-0.2, -0.15) is 9.50 Å². The number of pyridine rings is 1. The molecule has 4 heterocycles. The Hall–Kier alpha value is -4.80. The molecule has 0 bridgehead atoms. The summed E-state index contributed by atoms with van der Waals surface area (Å²) in [6, 6.07) is 10.7. The highest BCUT2D eigenvalue weighted by molar-refractivity contribution is 5.79. The van der Waals surface area contributed by atoms with Gasteiger partial charge in [0.15, 0.2) is 28.8 Å². The molecule has 3 aromatic heterocycles. The number of fused-ring (bicyclic) bond motifs is 4. The molecule has 0 aliphatic carbocycles. The first kappa shape index (κ1) is 21.7. The van der Waals surface area contributed by atoms with Crippen molar-refractivity contribution in [1.82, 2.24) is 24.1 Å². The van der Waals surface area contributed by atoms with Crippen LogP contribution in [0.1, 0.15) is 0 Å². The molecule has 1 aliphatic rings. The molecule has 0 N–H and O–H groups in total. The van der Waals surface area contributed by atoms with E-state index in [4.69, 9.17) is 23.7 Å². The molecule has 0 spiro atoms. The Balaban J connectivity index is 1.47. The maximum atomic E-state index is 13.5. The number of benzene rings is 2. The van der Waals surface area contributed by atoms with Crippen LogP contribution in [-0.4, -0.2) is 58.7 Å². The van der Waals surface area contributed by atoms with Crippen LogP contribution in [0.2, 0.25) is 0 Å². The van der Waals surface area contributed by atoms with E-state index in [0.717, 1.165) is 5.56 Å². The van der Waals surface area contributed by atoms with Gasteiger partial charge < -0.3 is 23.7 Å². The fourth-order valence-electron chi connectivity index (χ4n) is 4.23. The van der Waals surface area contributed by atoms with Crippen LogP contribution in [0.25, 0.3) is 33.8 Å². The van der Waals surface area contributed by atoms with Gasteiger partial charge in [0.1, 0.15) is 13.2 Å². The lowest BCUT2D eigenvalue weighted by Crippen LogP contribution is -2.19. The average molecular weight is 487 g/mol. The zero-order valence-electron chi connectivity index (χ0n) is 19.7. The van der Waals surface area contributed by atoms with Crippen molar-refractivity contribution in [3.05, 3.63) is 59.1 Å². The van der Waals surface area contributed by atoms with Crippen LogP contribution in [-0.2, 0) is 0 Å². The molecule has 0 atom stereocenters. The molecule has 11 nitrogen and oxygen atoms in total. The van der Waals surface area contributed by atoms with Gasteiger partial charge in [-0.3, -0.25) is 9.36 Å². The van der Waals surface area contributed by atoms with E-state index in [1.165, 1.54) is 32.1 Å². The van der Waals surface area contributed by atoms with Gasteiger partial charge in [0.2, 0.25) is 5.75 Å². The van der Waals surface area contributed by atoms with Crippen LogP contribution in [0.15, 0.2) is 53.6 Å². The highest BCUT2D eigenvalue weighted by Crippen LogP contribution is 2.39. The Bertz CT molecular complexity index is 1670. The summed E-state index contributed by atoms with van der Waals surface area (Å²) in [6.45, 7) is 1.00. The van der Waals surface area contributed by atoms with Gasteiger partial charge in [-0.1, -0.05) is 0 Å². The minimum absolute atomic E-state index is 0.285. The minimum Gasteiger partial charge on any atom is -0.493 e. The number of ether oxygens (including phenoxy) is 5. The summed E-state index contributed by atoms with van der Waals surface area (Å²) < 4.78 is 30.6. The van der Waals surface area contributed by atoms with E-state index in [2.05, 4.69) is 15.1 Å². The summed E-state index contributed by atoms with van der Waals surface area (Å²) in [5.41, 5.74) is 1.59. The number of rotatable bonds is 5. The van der Waals surface area contributed by atoms with Crippen molar-refractivity contribution < 1.29 is 23.7 Å². The molecule has 0 saturated heterocycles. The van der Waals surface area contributed by atoms with Gasteiger partial charge in [-0.25, -0.2) is 4.98 Å². The molecule has 0 amide bonds. The first-order valence-electron chi connectivity index (χ1n) is 11.1. The molecule has 36 heavy (non-hydrogen) atoms. The summed E-state index contributed by atoms with van der Waals surface area (Å²) in [7, 11) is 4.57. The molecule has 5 aromatic rings. The maximum absolute atomic E-state index is 13.5. The van der Waals surface area contributed by atoms with E-state index < -0.39 is 0 Å². The fraction of sp³-hybridized carbons (Fsp3) is 0.200. The highest BCUT2D eigenvalue weighted by atomic mass is 16.6. The number of aromatic nitrogens is 5. The van der Waals surface area contributed by atoms with Gasteiger partial charge in [-0.15, -0.1) is 5.10 Å². The van der Waals surface area contributed by atoms with Crippen LogP contribution in [0.4, 0.5) is 0 Å². The first-order chi connectivity index (χ1) is 17.6. The summed E-state index contributed by atoms with van der Waals surface area (Å²) in [5.74, 6) is 3.47. The smallest absolute Gasteiger partial charge is 0.266 e. The van der Waals surface area contributed by atoms with E-state index in [-0.39, 0.29) is 5.56 Å². The number of hydrogen-bond donors (Lipinski definition) is 0. The maximum Gasteiger partial charge on any atom is 0.266 e. The summed E-state index contributed by atoms with van der Waals surface area (Å²) >= 11 is 0. The monoisotopic (exact) mass is 487 g/mol. The van der Waals surface area contributed by atoms with E-state index in [0.29, 0.717) is 70.2 Å². The predicted octanol–water partition coefficient (Wildman–Crippen LogP) is 2.89. The molecule has 0 fully saturated rings. The van der Waals surface area contributed by atoms with Crippen molar-refractivity contribution >= 4 is 16.7 Å². The van der Waals surface area contributed by atoms with Crippen LogP contribution in [0.5, 0.6) is 28.7 Å². The molecular formula is C25H21N5O6. The largest absolute Gasteiger partial charge is 0.493 e. The Kier molecular flexibility index (Phi) is 5.10. The molecular weight excluding hydrogens is 466 g/mol. The molecule has 182 valence electrons. The lowest BCUT2D eigenvalue weighted by molar-refractivity contribution is 0.171. The molecule has 0 saturated carbocycles. The minimum atomic E-state index is -0.285. The topological polar surface area (TPSA) is 111 Å². The third-order valence-electron chi connectivity index (χ3n) is 5.96. The van der Waals surface area contributed by atoms with Gasteiger partial charge in [0, 0.05) is 30.1 Å². The van der Waals surface area contributed by atoms with E-state index in [1.54, 1.807) is 28.9 Å². The van der Waals surface area contributed by atoms with Crippen molar-refractivity contribution in [2.45, 2.75) is 0 Å². The first-order valence-corrected chi connectivity index (χ1v) is 11.1. The number of methoxy groups -OCH3 is 3. The number of nitrogens with zero attached hydrogens (tertiary/aromatic N) is 5. The number of hydrogen-bond acceptors (Lipinski definition) is 9. The quantitative estimate of drug-likeness (QED) is 0.369. The SMILES string of the molecule is COc1cc(-n2ccc3c(cnc4nc(-c5ccc6c(c5)OCCO6)nn43)c2=O)cc(OC)c1OC. The zero-order valence-corrected chi connectivity index (χ0v) is 19.7. The van der Waals surface area contributed by atoms with Crippen LogP contribution >= 0.6 is 0 Å². The average Bonchev–Trinajstić information content (AvgIpc) is 3.37. The van der Waals surface area contributed by atoms with Gasteiger partial charge in [-0.05, 0) is 24.3 Å². The second-order valence-corrected chi connectivity index (χ2v) is 7.94.